The molecule has 1 heterocycles. The first kappa shape index (κ1) is 16.8. The molecular formula is C16H23BrN2OS. The summed E-state index contributed by atoms with van der Waals surface area (Å²) in [6, 6.07) is 8.37. The lowest BCUT2D eigenvalue weighted by atomic mass is 9.95. The molecule has 116 valence electrons. The third kappa shape index (κ3) is 4.73. The van der Waals surface area contributed by atoms with E-state index in [4.69, 9.17) is 0 Å². The number of carbonyl (C=O) groups is 1. The zero-order valence-corrected chi connectivity index (χ0v) is 15.2. The number of thioether (sulfide) groups is 1. The topological polar surface area (TPSA) is 41.1 Å². The molecule has 1 aliphatic heterocycles. The Morgan fingerprint density at radius 3 is 2.67 bits per heavy atom. The van der Waals surface area contributed by atoms with E-state index in [9.17, 15) is 4.79 Å². The van der Waals surface area contributed by atoms with E-state index in [2.05, 4.69) is 33.5 Å². The fourth-order valence-electron chi connectivity index (χ4n) is 2.41. The fraction of sp³-hybridized carbons (Fsp3) is 0.562. The molecule has 1 aliphatic rings. The Balaban J connectivity index is 1.97. The highest BCUT2D eigenvalue weighted by atomic mass is 79.9. The molecular weight excluding hydrogens is 348 g/mol. The van der Waals surface area contributed by atoms with Crippen LogP contribution in [-0.4, -0.2) is 29.8 Å². The molecule has 3 nitrogen and oxygen atoms in total. The number of carbonyl (C=O) groups excluding carboxylic acids is 1. The highest BCUT2D eigenvalue weighted by molar-refractivity contribution is 9.10. The standard InChI is InChI=1S/C16H23BrN2OS/c1-11-10-18-9-8-14(11)19-15(20)16(2,3)21-13-6-4-12(17)5-7-13/h4-7,11,14,18H,8-10H2,1-3H3,(H,19,20). The average molecular weight is 371 g/mol. The van der Waals surface area contributed by atoms with Gasteiger partial charge < -0.3 is 10.6 Å². The number of benzene rings is 1. The first-order valence-corrected chi connectivity index (χ1v) is 8.96. The molecule has 1 saturated heterocycles. The van der Waals surface area contributed by atoms with Crippen LogP contribution in [0.3, 0.4) is 0 Å². The molecule has 1 aromatic rings. The number of nitrogens with one attached hydrogen (secondary N) is 2. The minimum Gasteiger partial charge on any atom is -0.352 e. The van der Waals surface area contributed by atoms with E-state index in [0.717, 1.165) is 28.9 Å². The van der Waals surface area contributed by atoms with Crippen LogP contribution < -0.4 is 10.6 Å². The summed E-state index contributed by atoms with van der Waals surface area (Å²) in [5, 5.41) is 6.59. The van der Waals surface area contributed by atoms with Crippen LogP contribution in [0.2, 0.25) is 0 Å². The summed E-state index contributed by atoms with van der Waals surface area (Å²) in [4.78, 5) is 13.7. The Morgan fingerprint density at radius 1 is 1.38 bits per heavy atom. The van der Waals surface area contributed by atoms with Gasteiger partial charge in [-0.15, -0.1) is 11.8 Å². The van der Waals surface area contributed by atoms with E-state index in [-0.39, 0.29) is 11.9 Å². The van der Waals surface area contributed by atoms with E-state index in [1.165, 1.54) is 0 Å². The molecule has 1 fully saturated rings. The maximum atomic E-state index is 12.6. The number of amides is 1. The number of halogens is 1. The van der Waals surface area contributed by atoms with Gasteiger partial charge in [0.2, 0.25) is 5.91 Å². The van der Waals surface area contributed by atoms with Crippen LogP contribution in [0.25, 0.3) is 0 Å². The predicted octanol–water partition coefficient (Wildman–Crippen LogP) is 3.43. The van der Waals surface area contributed by atoms with Crippen LogP contribution in [0, 0.1) is 5.92 Å². The third-order valence-corrected chi connectivity index (χ3v) is 5.57. The fourth-order valence-corrected chi connectivity index (χ4v) is 3.69. The van der Waals surface area contributed by atoms with Gasteiger partial charge in [-0.2, -0.15) is 0 Å². The van der Waals surface area contributed by atoms with Gasteiger partial charge >= 0.3 is 0 Å². The maximum absolute atomic E-state index is 12.6. The van der Waals surface area contributed by atoms with E-state index in [0.29, 0.717) is 5.92 Å². The largest absolute Gasteiger partial charge is 0.352 e. The summed E-state index contributed by atoms with van der Waals surface area (Å²) < 4.78 is 0.580. The Kier molecular flexibility index (Phi) is 5.74. The molecule has 21 heavy (non-hydrogen) atoms. The van der Waals surface area contributed by atoms with Crippen LogP contribution in [-0.2, 0) is 4.79 Å². The van der Waals surface area contributed by atoms with Crippen LogP contribution >= 0.6 is 27.7 Å². The van der Waals surface area contributed by atoms with Crippen LogP contribution in [0.4, 0.5) is 0 Å². The summed E-state index contributed by atoms with van der Waals surface area (Å²) in [7, 11) is 0. The predicted molar refractivity (Wildman–Crippen MR) is 92.7 cm³/mol. The number of piperidine rings is 1. The maximum Gasteiger partial charge on any atom is 0.236 e. The number of hydrogen-bond donors (Lipinski definition) is 2. The first-order valence-electron chi connectivity index (χ1n) is 7.35. The molecule has 0 aliphatic carbocycles. The minimum atomic E-state index is -0.474. The molecule has 2 atom stereocenters. The van der Waals surface area contributed by atoms with Crippen molar-refractivity contribution in [1.29, 1.82) is 0 Å². The lowest BCUT2D eigenvalue weighted by Gasteiger charge is -2.33. The van der Waals surface area contributed by atoms with Crippen molar-refractivity contribution in [1.82, 2.24) is 10.6 Å². The van der Waals surface area contributed by atoms with E-state index >= 15 is 0 Å². The normalized spacial score (nSPS) is 22.9. The molecule has 5 heteroatoms. The summed E-state index contributed by atoms with van der Waals surface area (Å²) in [6.45, 7) is 8.12. The highest BCUT2D eigenvalue weighted by Crippen LogP contribution is 2.33. The quantitative estimate of drug-likeness (QED) is 0.797. The zero-order valence-electron chi connectivity index (χ0n) is 12.8. The smallest absolute Gasteiger partial charge is 0.236 e. The molecule has 2 N–H and O–H groups in total. The van der Waals surface area contributed by atoms with Crippen molar-refractivity contribution in [2.24, 2.45) is 5.92 Å². The highest BCUT2D eigenvalue weighted by Gasteiger charge is 2.32. The van der Waals surface area contributed by atoms with Crippen molar-refractivity contribution in [3.8, 4) is 0 Å². The Morgan fingerprint density at radius 2 is 2.05 bits per heavy atom. The van der Waals surface area contributed by atoms with Gasteiger partial charge in [0.15, 0.2) is 0 Å². The van der Waals surface area contributed by atoms with Gasteiger partial charge in [0.05, 0.1) is 4.75 Å². The summed E-state index contributed by atoms with van der Waals surface area (Å²) in [5.41, 5.74) is 0. The third-order valence-electron chi connectivity index (χ3n) is 3.84. The monoisotopic (exact) mass is 370 g/mol. The SMILES string of the molecule is CC1CNCCC1NC(=O)C(C)(C)Sc1ccc(Br)cc1. The molecule has 0 saturated carbocycles. The second-order valence-corrected chi connectivity index (χ2v) is 8.73. The van der Waals surface area contributed by atoms with Gasteiger partial charge in [0.25, 0.3) is 0 Å². The molecule has 0 aromatic heterocycles. The molecule has 0 radical (unpaired) electrons. The van der Waals surface area contributed by atoms with Crippen LogP contribution in [0.5, 0.6) is 0 Å². The van der Waals surface area contributed by atoms with Gasteiger partial charge in [-0.05, 0) is 63.5 Å². The van der Waals surface area contributed by atoms with Gasteiger partial charge in [-0.25, -0.2) is 0 Å². The van der Waals surface area contributed by atoms with Gasteiger partial charge in [0, 0.05) is 15.4 Å². The van der Waals surface area contributed by atoms with E-state index in [1.807, 2.05) is 38.1 Å². The molecule has 2 unspecified atom stereocenters. The van der Waals surface area contributed by atoms with Crippen LogP contribution in [0.1, 0.15) is 27.2 Å². The van der Waals surface area contributed by atoms with Gasteiger partial charge in [-0.1, -0.05) is 22.9 Å². The van der Waals surface area contributed by atoms with Crippen molar-refractivity contribution >= 4 is 33.6 Å². The Hall–Kier alpha value is -0.520. The molecule has 2 rings (SSSR count). The lowest BCUT2D eigenvalue weighted by Crippen LogP contribution is -2.52. The van der Waals surface area contributed by atoms with Crippen LogP contribution in [0.15, 0.2) is 33.6 Å². The molecule has 1 amide bonds. The first-order chi connectivity index (χ1) is 9.88. The van der Waals surface area contributed by atoms with Gasteiger partial charge in [0.1, 0.15) is 0 Å². The van der Waals surface area contributed by atoms with Crippen molar-refractivity contribution in [3.63, 3.8) is 0 Å². The Labute approximate surface area is 139 Å². The molecule has 1 aromatic carbocycles. The van der Waals surface area contributed by atoms with Crippen molar-refractivity contribution in [2.45, 2.75) is 42.9 Å². The van der Waals surface area contributed by atoms with Crippen molar-refractivity contribution < 1.29 is 4.79 Å². The molecule has 0 bridgehead atoms. The van der Waals surface area contributed by atoms with Crippen molar-refractivity contribution in [2.75, 3.05) is 13.1 Å². The van der Waals surface area contributed by atoms with E-state index in [1.54, 1.807) is 11.8 Å². The van der Waals surface area contributed by atoms with E-state index < -0.39 is 4.75 Å². The molecule has 0 spiro atoms. The Bertz CT molecular complexity index is 490. The summed E-state index contributed by atoms with van der Waals surface area (Å²) in [5.74, 6) is 0.602. The summed E-state index contributed by atoms with van der Waals surface area (Å²) >= 11 is 5.04. The lowest BCUT2D eigenvalue weighted by molar-refractivity contribution is -0.123. The van der Waals surface area contributed by atoms with Crippen molar-refractivity contribution in [3.05, 3.63) is 28.7 Å². The zero-order chi connectivity index (χ0) is 15.5. The second kappa shape index (κ2) is 7.16. The average Bonchev–Trinajstić information content (AvgIpc) is 2.43. The minimum absolute atomic E-state index is 0.120. The second-order valence-electron chi connectivity index (χ2n) is 6.12. The number of hydrogen-bond acceptors (Lipinski definition) is 3. The summed E-state index contributed by atoms with van der Waals surface area (Å²) in [6.07, 6.45) is 1.01. The number of rotatable bonds is 4. The van der Waals surface area contributed by atoms with Gasteiger partial charge in [-0.3, -0.25) is 4.79 Å².